The molecule has 1 aliphatic rings. The number of nitrogens with zero attached hydrogens (tertiary/aromatic N) is 1. The van der Waals surface area contributed by atoms with Gasteiger partial charge in [0.2, 0.25) is 5.75 Å². The molecule has 2 aromatic rings. The Bertz CT molecular complexity index is 958. The van der Waals surface area contributed by atoms with Crippen LogP contribution >= 0.6 is 0 Å². The van der Waals surface area contributed by atoms with Crippen LogP contribution in [0.3, 0.4) is 0 Å². The van der Waals surface area contributed by atoms with Crippen LogP contribution in [0.15, 0.2) is 24.3 Å². The van der Waals surface area contributed by atoms with Crippen molar-refractivity contribution >= 4 is 11.6 Å². The molecule has 3 rings (SSSR count). The van der Waals surface area contributed by atoms with Crippen molar-refractivity contribution in [3.63, 3.8) is 0 Å². The summed E-state index contributed by atoms with van der Waals surface area (Å²) in [4.78, 5) is 0. The molecule has 0 aliphatic heterocycles. The van der Waals surface area contributed by atoms with Gasteiger partial charge in [0.25, 0.3) is 0 Å². The standard InChI is InChI=1S/C22H23NO5/c1-25-19-8-5-13(9-14(19)12-23)10-17-16-11-20(26-2)22(28-4)21(27-3)15(16)6-7-18(17)24/h5,8-11,18,24H,6-7H2,1-4H3/b17-10+/t18-/m1/s1. The minimum absolute atomic E-state index is 0.437. The Labute approximate surface area is 164 Å². The first-order valence-corrected chi connectivity index (χ1v) is 8.87. The normalized spacial score (nSPS) is 16.9. The largest absolute Gasteiger partial charge is 0.495 e. The van der Waals surface area contributed by atoms with Crippen LogP contribution in [0.1, 0.15) is 28.7 Å². The predicted molar refractivity (Wildman–Crippen MR) is 106 cm³/mol. The molecule has 28 heavy (non-hydrogen) atoms. The van der Waals surface area contributed by atoms with E-state index < -0.39 is 6.10 Å². The van der Waals surface area contributed by atoms with E-state index in [1.165, 1.54) is 7.11 Å². The summed E-state index contributed by atoms with van der Waals surface area (Å²) in [6.07, 6.45) is 2.46. The third-order valence-corrected chi connectivity index (χ3v) is 4.94. The first kappa shape index (κ1) is 19.6. The Kier molecular flexibility index (Phi) is 5.76. The molecule has 0 heterocycles. The second-order valence-electron chi connectivity index (χ2n) is 6.40. The Balaban J connectivity index is 2.19. The highest BCUT2D eigenvalue weighted by atomic mass is 16.5. The molecule has 0 radical (unpaired) electrons. The van der Waals surface area contributed by atoms with Gasteiger partial charge in [0.05, 0.1) is 40.1 Å². The molecule has 0 aromatic heterocycles. The molecule has 0 unspecified atom stereocenters. The molecule has 1 N–H and O–H groups in total. The van der Waals surface area contributed by atoms with Crippen molar-refractivity contribution in [3.05, 3.63) is 46.5 Å². The smallest absolute Gasteiger partial charge is 0.203 e. The van der Waals surface area contributed by atoms with E-state index in [2.05, 4.69) is 6.07 Å². The fourth-order valence-corrected chi connectivity index (χ4v) is 3.59. The summed E-state index contributed by atoms with van der Waals surface area (Å²) in [7, 11) is 6.26. The van der Waals surface area contributed by atoms with Crippen LogP contribution in [0.2, 0.25) is 0 Å². The average molecular weight is 381 g/mol. The average Bonchev–Trinajstić information content (AvgIpc) is 2.73. The lowest BCUT2D eigenvalue weighted by molar-refractivity contribution is 0.217. The van der Waals surface area contributed by atoms with Crippen molar-refractivity contribution in [1.82, 2.24) is 0 Å². The Morgan fingerprint density at radius 2 is 1.71 bits per heavy atom. The van der Waals surface area contributed by atoms with Gasteiger partial charge in [-0.1, -0.05) is 6.07 Å². The molecule has 0 saturated carbocycles. The maximum absolute atomic E-state index is 10.7. The molecule has 0 fully saturated rings. The summed E-state index contributed by atoms with van der Waals surface area (Å²) in [5, 5.41) is 20.0. The zero-order chi connectivity index (χ0) is 20.3. The highest BCUT2D eigenvalue weighted by molar-refractivity contribution is 5.88. The molecule has 0 saturated heterocycles. The lowest BCUT2D eigenvalue weighted by Crippen LogP contribution is -2.19. The van der Waals surface area contributed by atoms with Gasteiger partial charge >= 0.3 is 0 Å². The van der Waals surface area contributed by atoms with Crippen LogP contribution in [-0.4, -0.2) is 39.6 Å². The number of hydrogen-bond donors (Lipinski definition) is 1. The van der Waals surface area contributed by atoms with Gasteiger partial charge in [-0.15, -0.1) is 0 Å². The lowest BCUT2D eigenvalue weighted by Gasteiger charge is -2.28. The molecule has 146 valence electrons. The van der Waals surface area contributed by atoms with Crippen LogP contribution in [0.4, 0.5) is 0 Å². The summed E-state index contributed by atoms with van der Waals surface area (Å²) in [5.41, 5.74) is 3.79. The van der Waals surface area contributed by atoms with Gasteiger partial charge in [-0.3, -0.25) is 0 Å². The molecular formula is C22H23NO5. The van der Waals surface area contributed by atoms with Crippen LogP contribution in [-0.2, 0) is 6.42 Å². The third-order valence-electron chi connectivity index (χ3n) is 4.94. The number of rotatable bonds is 5. The number of fused-ring (bicyclic) bond motifs is 1. The Hall–Kier alpha value is -3.17. The van der Waals surface area contributed by atoms with Gasteiger partial charge in [0, 0.05) is 5.56 Å². The van der Waals surface area contributed by atoms with E-state index in [0.29, 0.717) is 41.4 Å². The van der Waals surface area contributed by atoms with Gasteiger partial charge < -0.3 is 24.1 Å². The van der Waals surface area contributed by atoms with E-state index in [1.807, 2.05) is 18.2 Å². The number of methoxy groups -OCH3 is 4. The zero-order valence-corrected chi connectivity index (χ0v) is 16.4. The lowest BCUT2D eigenvalue weighted by atomic mass is 9.83. The van der Waals surface area contributed by atoms with Gasteiger partial charge in [-0.05, 0) is 53.8 Å². The summed E-state index contributed by atoms with van der Waals surface area (Å²) < 4.78 is 21.8. The van der Waals surface area contributed by atoms with E-state index in [4.69, 9.17) is 18.9 Å². The Morgan fingerprint density at radius 3 is 2.32 bits per heavy atom. The summed E-state index contributed by atoms with van der Waals surface area (Å²) >= 11 is 0. The van der Waals surface area contributed by atoms with Crippen LogP contribution in [0, 0.1) is 11.3 Å². The molecular weight excluding hydrogens is 358 g/mol. The molecule has 2 aromatic carbocycles. The maximum atomic E-state index is 10.7. The molecule has 0 amide bonds. The quantitative estimate of drug-likeness (QED) is 0.855. The number of ether oxygens (including phenoxy) is 4. The molecule has 1 aliphatic carbocycles. The molecule has 0 bridgehead atoms. The fraction of sp³-hybridized carbons (Fsp3) is 0.318. The molecule has 1 atom stereocenters. The number of nitriles is 1. The van der Waals surface area contributed by atoms with E-state index >= 15 is 0 Å². The van der Waals surface area contributed by atoms with Crippen molar-refractivity contribution in [2.75, 3.05) is 28.4 Å². The topological polar surface area (TPSA) is 80.9 Å². The first-order valence-electron chi connectivity index (χ1n) is 8.87. The summed E-state index contributed by atoms with van der Waals surface area (Å²) in [6, 6.07) is 9.33. The SMILES string of the molecule is COc1ccc(/C=C2\c3cc(OC)c(OC)c(OC)c3CC[C@H]2O)cc1C#N. The number of benzene rings is 2. The minimum Gasteiger partial charge on any atom is -0.495 e. The van der Waals surface area contributed by atoms with E-state index in [-0.39, 0.29) is 0 Å². The van der Waals surface area contributed by atoms with Crippen molar-refractivity contribution in [2.24, 2.45) is 0 Å². The zero-order valence-electron chi connectivity index (χ0n) is 16.4. The molecule has 6 nitrogen and oxygen atoms in total. The highest BCUT2D eigenvalue weighted by Crippen LogP contribution is 2.47. The maximum Gasteiger partial charge on any atom is 0.203 e. The highest BCUT2D eigenvalue weighted by Gasteiger charge is 2.29. The van der Waals surface area contributed by atoms with Gasteiger partial charge in [0.15, 0.2) is 11.5 Å². The van der Waals surface area contributed by atoms with Crippen molar-refractivity contribution in [2.45, 2.75) is 18.9 Å². The second-order valence-corrected chi connectivity index (χ2v) is 6.40. The van der Waals surface area contributed by atoms with Crippen LogP contribution < -0.4 is 18.9 Å². The van der Waals surface area contributed by atoms with Crippen LogP contribution in [0.5, 0.6) is 23.0 Å². The Morgan fingerprint density at radius 1 is 1.00 bits per heavy atom. The van der Waals surface area contributed by atoms with Gasteiger partial charge in [-0.25, -0.2) is 0 Å². The molecule has 6 heteroatoms. The van der Waals surface area contributed by atoms with Crippen LogP contribution in [0.25, 0.3) is 11.6 Å². The van der Waals surface area contributed by atoms with E-state index in [9.17, 15) is 10.4 Å². The predicted octanol–water partition coefficient (Wildman–Crippen LogP) is 3.44. The van der Waals surface area contributed by atoms with Gasteiger partial charge in [0.1, 0.15) is 11.8 Å². The second kappa shape index (κ2) is 8.24. The number of aliphatic hydroxyl groups excluding tert-OH is 1. The fourth-order valence-electron chi connectivity index (χ4n) is 3.59. The van der Waals surface area contributed by atoms with Crippen molar-refractivity contribution in [1.29, 1.82) is 5.26 Å². The molecule has 0 spiro atoms. The minimum atomic E-state index is -0.636. The monoisotopic (exact) mass is 381 g/mol. The van der Waals surface area contributed by atoms with Crippen molar-refractivity contribution < 1.29 is 24.1 Å². The van der Waals surface area contributed by atoms with Gasteiger partial charge in [-0.2, -0.15) is 5.26 Å². The first-order chi connectivity index (χ1) is 13.6. The number of aliphatic hydroxyl groups is 1. The van der Waals surface area contributed by atoms with E-state index in [1.54, 1.807) is 33.5 Å². The summed E-state index contributed by atoms with van der Waals surface area (Å²) in [6.45, 7) is 0. The third kappa shape index (κ3) is 3.37. The summed E-state index contributed by atoms with van der Waals surface area (Å²) in [5.74, 6) is 2.20. The number of hydrogen-bond acceptors (Lipinski definition) is 6. The van der Waals surface area contributed by atoms with E-state index in [0.717, 1.165) is 22.3 Å². The van der Waals surface area contributed by atoms with Crippen molar-refractivity contribution in [3.8, 4) is 29.1 Å².